The average molecular weight is 334 g/mol. The van der Waals surface area contributed by atoms with E-state index < -0.39 is 5.97 Å². The van der Waals surface area contributed by atoms with Crippen LogP contribution < -0.4 is 0 Å². The highest BCUT2D eigenvalue weighted by Gasteiger charge is 2.13. The Morgan fingerprint density at radius 1 is 1.16 bits per heavy atom. The number of oxazole rings is 1. The number of benzene rings is 1. The topological polar surface area (TPSA) is 94.0 Å². The quantitative estimate of drug-likeness (QED) is 0.618. The van der Waals surface area contributed by atoms with Gasteiger partial charge in [-0.25, -0.2) is 19.7 Å². The Bertz CT molecular complexity index is 1110. The summed E-state index contributed by atoms with van der Waals surface area (Å²) in [7, 11) is 1.96. The Balaban J connectivity index is 1.80. The molecule has 0 saturated carbocycles. The van der Waals surface area contributed by atoms with Crippen molar-refractivity contribution in [1.82, 2.24) is 19.5 Å². The highest BCUT2D eigenvalue weighted by atomic mass is 16.4. The second kappa shape index (κ2) is 5.55. The zero-order chi connectivity index (χ0) is 17.6. The van der Waals surface area contributed by atoms with Crippen LogP contribution in [-0.2, 0) is 7.05 Å². The number of fused-ring (bicyclic) bond motifs is 1. The fourth-order valence-corrected chi connectivity index (χ4v) is 2.66. The fourth-order valence-electron chi connectivity index (χ4n) is 2.66. The van der Waals surface area contributed by atoms with Gasteiger partial charge in [-0.15, -0.1) is 0 Å². The molecule has 0 aliphatic carbocycles. The summed E-state index contributed by atoms with van der Waals surface area (Å²) in [5.41, 5.74) is 3.82. The molecule has 1 aromatic carbocycles. The predicted molar refractivity (Wildman–Crippen MR) is 91.1 cm³/mol. The van der Waals surface area contributed by atoms with Crippen LogP contribution in [0.1, 0.15) is 16.3 Å². The van der Waals surface area contributed by atoms with Crippen LogP contribution in [0.25, 0.3) is 33.8 Å². The van der Waals surface area contributed by atoms with Crippen molar-refractivity contribution in [1.29, 1.82) is 0 Å². The molecule has 4 rings (SSSR count). The highest BCUT2D eigenvalue weighted by molar-refractivity contribution is 5.87. The van der Waals surface area contributed by atoms with Crippen molar-refractivity contribution in [2.75, 3.05) is 0 Å². The molecule has 3 aromatic heterocycles. The average Bonchev–Trinajstić information content (AvgIpc) is 3.18. The van der Waals surface area contributed by atoms with Gasteiger partial charge in [-0.2, -0.15) is 0 Å². The van der Waals surface area contributed by atoms with Gasteiger partial charge in [-0.1, -0.05) is 0 Å². The second-order valence-corrected chi connectivity index (χ2v) is 5.69. The molecule has 3 heterocycles. The summed E-state index contributed by atoms with van der Waals surface area (Å²) in [6.45, 7) is 1.94. The maximum absolute atomic E-state index is 11.1. The third-order valence-corrected chi connectivity index (χ3v) is 4.13. The first kappa shape index (κ1) is 15.1. The first-order valence-electron chi connectivity index (χ1n) is 7.62. The zero-order valence-corrected chi connectivity index (χ0v) is 13.6. The van der Waals surface area contributed by atoms with Crippen LogP contribution in [0.15, 0.2) is 47.1 Å². The molecule has 4 aromatic rings. The van der Waals surface area contributed by atoms with Gasteiger partial charge in [0.05, 0.1) is 11.9 Å². The van der Waals surface area contributed by atoms with E-state index >= 15 is 0 Å². The molecule has 0 aliphatic rings. The number of hydrogen-bond donors (Lipinski definition) is 1. The normalized spacial score (nSPS) is 11.1. The highest BCUT2D eigenvalue weighted by Crippen LogP contribution is 2.28. The minimum atomic E-state index is -1.09. The Morgan fingerprint density at radius 2 is 2.00 bits per heavy atom. The van der Waals surface area contributed by atoms with Gasteiger partial charge in [0.1, 0.15) is 17.0 Å². The summed E-state index contributed by atoms with van der Waals surface area (Å²) in [4.78, 5) is 23.7. The Morgan fingerprint density at radius 3 is 2.72 bits per heavy atom. The number of aryl methyl sites for hydroxylation is 1. The Hall–Kier alpha value is -3.48. The largest absolute Gasteiger partial charge is 0.477 e. The minimum absolute atomic E-state index is 0.0502. The van der Waals surface area contributed by atoms with Crippen molar-refractivity contribution < 1.29 is 14.3 Å². The molecule has 0 spiro atoms. The standard InChI is InChI=1S/C18H14N4O3/c1-10-20-9-15(22(10)2)11-3-4-16-13(7-11)21-17(25-16)12-5-6-19-14(8-12)18(23)24/h3-9H,1-2H3,(H,23,24). The summed E-state index contributed by atoms with van der Waals surface area (Å²) in [6, 6.07) is 8.84. The van der Waals surface area contributed by atoms with Gasteiger partial charge in [0.2, 0.25) is 5.89 Å². The zero-order valence-electron chi connectivity index (χ0n) is 13.6. The summed E-state index contributed by atoms with van der Waals surface area (Å²) in [6.07, 6.45) is 3.25. The number of carboxylic acid groups (broad SMARTS) is 1. The molecule has 0 atom stereocenters. The molecule has 0 bridgehead atoms. The lowest BCUT2D eigenvalue weighted by molar-refractivity contribution is 0.0690. The second-order valence-electron chi connectivity index (χ2n) is 5.69. The van der Waals surface area contributed by atoms with Gasteiger partial charge in [0, 0.05) is 24.4 Å². The van der Waals surface area contributed by atoms with Crippen molar-refractivity contribution >= 4 is 17.1 Å². The SMILES string of the molecule is Cc1ncc(-c2ccc3oc(-c4ccnc(C(=O)O)c4)nc3c2)n1C. The molecule has 25 heavy (non-hydrogen) atoms. The smallest absolute Gasteiger partial charge is 0.354 e. The van der Waals surface area contributed by atoms with Crippen molar-refractivity contribution in [2.45, 2.75) is 6.92 Å². The molecule has 0 aliphatic heterocycles. The lowest BCUT2D eigenvalue weighted by Crippen LogP contribution is -1.99. The van der Waals surface area contributed by atoms with Gasteiger partial charge in [-0.05, 0) is 37.3 Å². The number of aromatic carboxylic acids is 1. The number of rotatable bonds is 3. The molecular weight excluding hydrogens is 320 g/mol. The molecule has 0 fully saturated rings. The van der Waals surface area contributed by atoms with Gasteiger partial charge in [0.25, 0.3) is 0 Å². The minimum Gasteiger partial charge on any atom is -0.477 e. The lowest BCUT2D eigenvalue weighted by atomic mass is 10.1. The number of imidazole rings is 1. The summed E-state index contributed by atoms with van der Waals surface area (Å²) >= 11 is 0. The molecule has 7 nitrogen and oxygen atoms in total. The number of pyridine rings is 1. The van der Waals surface area contributed by atoms with E-state index in [1.807, 2.05) is 42.9 Å². The number of carboxylic acids is 1. The van der Waals surface area contributed by atoms with Crippen molar-refractivity contribution in [3.63, 3.8) is 0 Å². The molecule has 0 saturated heterocycles. The van der Waals surface area contributed by atoms with E-state index in [0.29, 0.717) is 22.6 Å². The van der Waals surface area contributed by atoms with Crippen LogP contribution in [0.5, 0.6) is 0 Å². The predicted octanol–water partition coefficient (Wildman–Crippen LogP) is 3.30. The number of hydrogen-bond acceptors (Lipinski definition) is 5. The lowest BCUT2D eigenvalue weighted by Gasteiger charge is -2.03. The van der Waals surface area contributed by atoms with Crippen molar-refractivity contribution in [2.24, 2.45) is 7.05 Å². The van der Waals surface area contributed by atoms with E-state index in [-0.39, 0.29) is 5.69 Å². The van der Waals surface area contributed by atoms with Crippen LogP contribution >= 0.6 is 0 Å². The molecule has 1 N–H and O–H groups in total. The monoisotopic (exact) mass is 334 g/mol. The molecule has 124 valence electrons. The van der Waals surface area contributed by atoms with E-state index in [4.69, 9.17) is 9.52 Å². The Kier molecular flexibility index (Phi) is 3.35. The van der Waals surface area contributed by atoms with Crippen LogP contribution in [0.4, 0.5) is 0 Å². The maximum atomic E-state index is 11.1. The number of aromatic nitrogens is 4. The summed E-state index contributed by atoms with van der Waals surface area (Å²) in [5.74, 6) is 0.194. The van der Waals surface area contributed by atoms with Gasteiger partial charge in [0.15, 0.2) is 5.58 Å². The van der Waals surface area contributed by atoms with Gasteiger partial charge >= 0.3 is 5.97 Å². The fraction of sp³-hybridized carbons (Fsp3) is 0.111. The van der Waals surface area contributed by atoms with Crippen LogP contribution in [-0.4, -0.2) is 30.6 Å². The first-order chi connectivity index (χ1) is 12.0. The van der Waals surface area contributed by atoms with E-state index in [2.05, 4.69) is 15.0 Å². The third kappa shape index (κ3) is 2.55. The Labute approximate surface area is 142 Å². The number of carbonyl (C=O) groups is 1. The first-order valence-corrected chi connectivity index (χ1v) is 7.62. The molecular formula is C18H14N4O3. The molecule has 7 heteroatoms. The van der Waals surface area contributed by atoms with E-state index in [9.17, 15) is 4.79 Å². The van der Waals surface area contributed by atoms with Crippen molar-refractivity contribution in [3.05, 3.63) is 54.2 Å². The summed E-state index contributed by atoms with van der Waals surface area (Å²) in [5, 5.41) is 9.06. The molecule has 0 radical (unpaired) electrons. The van der Waals surface area contributed by atoms with E-state index in [0.717, 1.165) is 17.1 Å². The maximum Gasteiger partial charge on any atom is 0.354 e. The van der Waals surface area contributed by atoms with Gasteiger partial charge in [-0.3, -0.25) is 0 Å². The number of nitrogens with zero attached hydrogens (tertiary/aromatic N) is 4. The molecule has 0 unspecified atom stereocenters. The van der Waals surface area contributed by atoms with Crippen LogP contribution in [0.2, 0.25) is 0 Å². The van der Waals surface area contributed by atoms with E-state index in [1.54, 1.807) is 6.07 Å². The molecule has 0 amide bonds. The van der Waals surface area contributed by atoms with Crippen molar-refractivity contribution in [3.8, 4) is 22.7 Å². The third-order valence-electron chi connectivity index (χ3n) is 4.13. The van der Waals surface area contributed by atoms with Crippen LogP contribution in [0.3, 0.4) is 0 Å². The van der Waals surface area contributed by atoms with Crippen LogP contribution in [0, 0.1) is 6.92 Å². The summed E-state index contributed by atoms with van der Waals surface area (Å²) < 4.78 is 7.77. The van der Waals surface area contributed by atoms with E-state index in [1.165, 1.54) is 12.3 Å². The van der Waals surface area contributed by atoms with Gasteiger partial charge < -0.3 is 14.1 Å².